The summed E-state index contributed by atoms with van der Waals surface area (Å²) in [4.78, 5) is 26.5. The Hall–Kier alpha value is -2.90. The fourth-order valence-electron chi connectivity index (χ4n) is 2.90. The molecule has 5 nitrogen and oxygen atoms in total. The number of para-hydroxylation sites is 1. The number of aliphatic carboxylic acids is 1. The Morgan fingerprint density at radius 2 is 1.90 bits per heavy atom. The van der Waals surface area contributed by atoms with Gasteiger partial charge in [-0.15, -0.1) is 0 Å². The van der Waals surface area contributed by atoms with Crippen molar-refractivity contribution in [2.45, 2.75) is 12.5 Å². The van der Waals surface area contributed by atoms with Crippen LogP contribution in [0.3, 0.4) is 0 Å². The number of hydrogen-bond acceptors (Lipinski definition) is 5. The second-order valence-electron chi connectivity index (χ2n) is 6.23. The number of carbonyl (C=O) groups is 2. The lowest BCUT2D eigenvalue weighted by atomic mass is 10.0. The molecule has 0 spiro atoms. The molecule has 7 heteroatoms. The zero-order valence-electron chi connectivity index (χ0n) is 15.5. The summed E-state index contributed by atoms with van der Waals surface area (Å²) in [5.74, 6) is -0.903. The van der Waals surface area contributed by atoms with Crippen LogP contribution in [-0.2, 0) is 16.0 Å². The third-order valence-corrected chi connectivity index (χ3v) is 5.58. The van der Waals surface area contributed by atoms with E-state index in [-0.39, 0.29) is 10.7 Å². The highest BCUT2D eigenvalue weighted by Gasteiger charge is 2.40. The number of rotatable bonds is 8. The summed E-state index contributed by atoms with van der Waals surface area (Å²) in [7, 11) is 0. The molecule has 1 atom stereocenters. The van der Waals surface area contributed by atoms with Crippen molar-refractivity contribution in [3.8, 4) is 5.75 Å². The Bertz CT molecular complexity index is 972. The van der Waals surface area contributed by atoms with E-state index in [0.717, 1.165) is 17.3 Å². The highest BCUT2D eigenvalue weighted by atomic mass is 32.2. The average Bonchev–Trinajstić information content (AvgIpc) is 2.99. The number of carboxylic acids is 1. The smallest absolute Gasteiger partial charge is 0.327 e. The van der Waals surface area contributed by atoms with E-state index in [1.165, 1.54) is 4.90 Å². The van der Waals surface area contributed by atoms with Crippen molar-refractivity contribution in [3.05, 3.63) is 83.3 Å². The molecule has 0 aliphatic carbocycles. The topological polar surface area (TPSA) is 66.8 Å². The van der Waals surface area contributed by atoms with Gasteiger partial charge in [-0.05, 0) is 17.7 Å². The Morgan fingerprint density at radius 1 is 1.21 bits per heavy atom. The van der Waals surface area contributed by atoms with Crippen LogP contribution in [0.1, 0.15) is 11.1 Å². The second-order valence-corrected chi connectivity index (χ2v) is 7.91. The maximum absolute atomic E-state index is 13.0. The van der Waals surface area contributed by atoms with E-state index in [1.54, 1.807) is 18.2 Å². The standard InChI is InChI=1S/C22H19NO4S2/c1-2-12-27-18-11-7-6-10-16(18)14-19-20(24)23(22(28)29-19)17(21(25)26)13-15-8-4-3-5-9-15/h2-11,14,17H,1,12-13H2,(H,25,26)/b19-14-. The summed E-state index contributed by atoms with van der Waals surface area (Å²) in [6.07, 6.45) is 3.49. The number of thiocarbonyl (C=S) groups is 1. The minimum atomic E-state index is -1.10. The van der Waals surface area contributed by atoms with E-state index in [2.05, 4.69) is 6.58 Å². The molecule has 0 radical (unpaired) electrons. The van der Waals surface area contributed by atoms with Gasteiger partial charge in [-0.2, -0.15) is 0 Å². The lowest BCUT2D eigenvalue weighted by Crippen LogP contribution is -2.45. The molecule has 29 heavy (non-hydrogen) atoms. The van der Waals surface area contributed by atoms with Gasteiger partial charge in [0.25, 0.3) is 5.91 Å². The Kier molecular flexibility index (Phi) is 6.85. The third kappa shape index (κ3) is 4.93. The fourth-order valence-corrected chi connectivity index (χ4v) is 4.24. The highest BCUT2D eigenvalue weighted by Crippen LogP contribution is 2.36. The summed E-state index contributed by atoms with van der Waals surface area (Å²) < 4.78 is 5.86. The molecule has 2 aromatic carbocycles. The molecule has 1 saturated heterocycles. The van der Waals surface area contributed by atoms with E-state index >= 15 is 0 Å². The van der Waals surface area contributed by atoms with E-state index in [1.807, 2.05) is 48.5 Å². The van der Waals surface area contributed by atoms with Crippen molar-refractivity contribution >= 4 is 46.3 Å². The van der Waals surface area contributed by atoms with Crippen molar-refractivity contribution in [3.63, 3.8) is 0 Å². The van der Waals surface area contributed by atoms with E-state index in [9.17, 15) is 14.7 Å². The SMILES string of the molecule is C=CCOc1ccccc1/C=C1\SC(=S)N(C(Cc2ccccc2)C(=O)O)C1=O. The number of ether oxygens (including phenoxy) is 1. The largest absolute Gasteiger partial charge is 0.489 e. The lowest BCUT2D eigenvalue weighted by molar-refractivity contribution is -0.145. The first-order valence-electron chi connectivity index (χ1n) is 8.87. The summed E-state index contributed by atoms with van der Waals surface area (Å²) in [5, 5.41) is 9.74. The monoisotopic (exact) mass is 425 g/mol. The van der Waals surface area contributed by atoms with Crippen molar-refractivity contribution in [2.75, 3.05) is 6.61 Å². The van der Waals surface area contributed by atoms with Crippen molar-refractivity contribution < 1.29 is 19.4 Å². The third-order valence-electron chi connectivity index (χ3n) is 4.25. The van der Waals surface area contributed by atoms with Gasteiger partial charge in [0.05, 0.1) is 4.91 Å². The molecule has 2 aromatic rings. The first-order valence-corrected chi connectivity index (χ1v) is 10.1. The number of hydrogen-bond donors (Lipinski definition) is 1. The van der Waals surface area contributed by atoms with Gasteiger partial charge < -0.3 is 9.84 Å². The summed E-state index contributed by atoms with van der Waals surface area (Å²) in [6.45, 7) is 3.97. The van der Waals surface area contributed by atoms with Crippen LogP contribution >= 0.6 is 24.0 Å². The van der Waals surface area contributed by atoms with Crippen LogP contribution in [0.15, 0.2) is 72.2 Å². The Labute approximate surface area is 178 Å². The van der Waals surface area contributed by atoms with Crippen LogP contribution in [-0.4, -0.2) is 38.9 Å². The minimum Gasteiger partial charge on any atom is -0.489 e. The molecule has 1 heterocycles. The molecule has 1 amide bonds. The van der Waals surface area contributed by atoms with Gasteiger partial charge >= 0.3 is 5.97 Å². The van der Waals surface area contributed by atoms with E-state index < -0.39 is 17.9 Å². The first-order chi connectivity index (χ1) is 14.0. The van der Waals surface area contributed by atoms with E-state index in [0.29, 0.717) is 22.8 Å². The molecule has 1 N–H and O–H groups in total. The highest BCUT2D eigenvalue weighted by molar-refractivity contribution is 8.26. The van der Waals surface area contributed by atoms with Crippen LogP contribution < -0.4 is 4.74 Å². The summed E-state index contributed by atoms with van der Waals surface area (Å²) >= 11 is 6.44. The average molecular weight is 426 g/mol. The lowest BCUT2D eigenvalue weighted by Gasteiger charge is -2.23. The molecule has 1 fully saturated rings. The molecule has 1 unspecified atom stereocenters. The number of thioether (sulfide) groups is 1. The molecule has 148 valence electrons. The van der Waals surface area contributed by atoms with Crippen molar-refractivity contribution in [1.29, 1.82) is 0 Å². The van der Waals surface area contributed by atoms with Crippen LogP contribution in [0.25, 0.3) is 6.08 Å². The number of amides is 1. The predicted octanol–water partition coefficient (Wildman–Crippen LogP) is 4.15. The molecule has 0 bridgehead atoms. The van der Waals surface area contributed by atoms with Gasteiger partial charge in [-0.3, -0.25) is 9.69 Å². The van der Waals surface area contributed by atoms with Crippen LogP contribution in [0.5, 0.6) is 5.75 Å². The van der Waals surface area contributed by atoms with Crippen LogP contribution in [0, 0.1) is 0 Å². The maximum atomic E-state index is 13.0. The van der Waals surface area contributed by atoms with Gasteiger partial charge in [0, 0.05) is 12.0 Å². The normalized spacial score (nSPS) is 16.1. The second kappa shape index (κ2) is 9.54. The van der Waals surface area contributed by atoms with E-state index in [4.69, 9.17) is 17.0 Å². The van der Waals surface area contributed by atoms with Gasteiger partial charge in [0.1, 0.15) is 22.7 Å². The van der Waals surface area contributed by atoms with Crippen molar-refractivity contribution in [1.82, 2.24) is 4.90 Å². The molecular formula is C22H19NO4S2. The summed E-state index contributed by atoms with van der Waals surface area (Å²) in [5.41, 5.74) is 1.53. The number of benzene rings is 2. The molecule has 3 rings (SSSR count). The molecule has 0 saturated carbocycles. The van der Waals surface area contributed by atoms with Gasteiger partial charge in [-0.1, -0.05) is 85.2 Å². The molecule has 1 aliphatic heterocycles. The van der Waals surface area contributed by atoms with Gasteiger partial charge in [0.2, 0.25) is 0 Å². The number of carboxylic acid groups (broad SMARTS) is 1. The zero-order valence-corrected chi connectivity index (χ0v) is 17.1. The summed E-state index contributed by atoms with van der Waals surface area (Å²) in [6, 6.07) is 15.4. The quantitative estimate of drug-likeness (QED) is 0.389. The predicted molar refractivity (Wildman–Crippen MR) is 119 cm³/mol. The van der Waals surface area contributed by atoms with Crippen LogP contribution in [0.4, 0.5) is 0 Å². The first kappa shape index (κ1) is 20.8. The maximum Gasteiger partial charge on any atom is 0.327 e. The number of nitrogens with zero attached hydrogens (tertiary/aromatic N) is 1. The zero-order chi connectivity index (χ0) is 20.8. The van der Waals surface area contributed by atoms with Gasteiger partial charge in [-0.25, -0.2) is 4.79 Å². The van der Waals surface area contributed by atoms with Crippen molar-refractivity contribution in [2.24, 2.45) is 0 Å². The van der Waals surface area contributed by atoms with Gasteiger partial charge in [0.15, 0.2) is 0 Å². The molecule has 0 aromatic heterocycles. The molecule has 1 aliphatic rings. The Balaban J connectivity index is 1.88. The minimum absolute atomic E-state index is 0.176. The molecular weight excluding hydrogens is 406 g/mol. The van der Waals surface area contributed by atoms with Crippen LogP contribution in [0.2, 0.25) is 0 Å². The Morgan fingerprint density at radius 3 is 2.59 bits per heavy atom. The fraction of sp³-hybridized carbons (Fsp3) is 0.136. The number of carbonyl (C=O) groups excluding carboxylic acids is 1.